The van der Waals surface area contributed by atoms with Crippen molar-refractivity contribution in [3.63, 3.8) is 0 Å². The summed E-state index contributed by atoms with van der Waals surface area (Å²) in [5.41, 5.74) is 2.13. The number of carbonyl (C=O) groups excluding carboxylic acids is 2. The van der Waals surface area contributed by atoms with Gasteiger partial charge in [0.05, 0.1) is 17.4 Å². The maximum Gasteiger partial charge on any atom is 0.276 e. The van der Waals surface area contributed by atoms with Gasteiger partial charge in [0.2, 0.25) is 5.95 Å². The second kappa shape index (κ2) is 9.98. The van der Waals surface area contributed by atoms with E-state index in [1.54, 1.807) is 12.1 Å². The van der Waals surface area contributed by atoms with E-state index in [2.05, 4.69) is 42.4 Å². The van der Waals surface area contributed by atoms with Gasteiger partial charge in [-0.25, -0.2) is 9.97 Å². The zero-order chi connectivity index (χ0) is 24.2. The minimum absolute atomic E-state index is 0.0124. The summed E-state index contributed by atoms with van der Waals surface area (Å²) in [6.45, 7) is 5.34. The van der Waals surface area contributed by atoms with Gasteiger partial charge in [0.15, 0.2) is 5.69 Å². The number of carbonyl (C=O) groups is 2. The van der Waals surface area contributed by atoms with Crippen LogP contribution in [0.15, 0.2) is 54.9 Å². The molecule has 5 rings (SSSR count). The van der Waals surface area contributed by atoms with Crippen molar-refractivity contribution in [1.29, 1.82) is 0 Å². The first kappa shape index (κ1) is 22.6. The fraction of sp³-hybridized carbons (Fsp3) is 0.280. The van der Waals surface area contributed by atoms with E-state index in [1.165, 1.54) is 6.33 Å². The normalized spacial score (nSPS) is 14.7. The molecule has 180 valence electrons. The Morgan fingerprint density at radius 3 is 2.57 bits per heavy atom. The maximum atomic E-state index is 12.8. The van der Waals surface area contributed by atoms with Gasteiger partial charge in [-0.2, -0.15) is 0 Å². The highest BCUT2D eigenvalue weighted by atomic mass is 16.5. The Balaban J connectivity index is 1.20. The fourth-order valence-electron chi connectivity index (χ4n) is 4.16. The number of nitrogens with zero attached hydrogens (tertiary/aromatic N) is 3. The highest BCUT2D eigenvalue weighted by Crippen LogP contribution is 2.22. The molecule has 4 aromatic rings. The molecule has 0 radical (unpaired) electrons. The summed E-state index contributed by atoms with van der Waals surface area (Å²) < 4.78 is 6.09. The first-order valence-electron chi connectivity index (χ1n) is 11.7. The number of likely N-dealkylation sites (tertiary alicyclic amines) is 1. The molecule has 10 nitrogen and oxygen atoms in total. The molecule has 0 aliphatic carbocycles. The Kier molecular flexibility index (Phi) is 6.44. The second-order valence-corrected chi connectivity index (χ2v) is 8.41. The van der Waals surface area contributed by atoms with Crippen molar-refractivity contribution in [2.45, 2.75) is 25.9 Å². The van der Waals surface area contributed by atoms with Crippen LogP contribution in [-0.4, -0.2) is 62.4 Å². The number of imidazole rings is 2. The number of aromatic amines is 2. The molecule has 2 aromatic heterocycles. The van der Waals surface area contributed by atoms with Crippen LogP contribution >= 0.6 is 0 Å². The number of ether oxygens (including phenoxy) is 1. The van der Waals surface area contributed by atoms with Crippen LogP contribution < -0.4 is 15.4 Å². The smallest absolute Gasteiger partial charge is 0.276 e. The quantitative estimate of drug-likeness (QED) is 0.324. The van der Waals surface area contributed by atoms with Gasteiger partial charge in [0, 0.05) is 18.8 Å². The van der Waals surface area contributed by atoms with Crippen LogP contribution in [0.25, 0.3) is 11.0 Å². The van der Waals surface area contributed by atoms with E-state index < -0.39 is 11.8 Å². The van der Waals surface area contributed by atoms with Gasteiger partial charge in [-0.05, 0) is 55.8 Å². The molecule has 0 atom stereocenters. The Bertz CT molecular complexity index is 1290. The van der Waals surface area contributed by atoms with Gasteiger partial charge in [0.1, 0.15) is 17.5 Å². The summed E-state index contributed by atoms with van der Waals surface area (Å²) in [7, 11) is 0. The van der Waals surface area contributed by atoms with E-state index in [-0.39, 0.29) is 23.4 Å². The van der Waals surface area contributed by atoms with E-state index in [4.69, 9.17) is 4.74 Å². The summed E-state index contributed by atoms with van der Waals surface area (Å²) in [4.78, 5) is 42.1. The topological polar surface area (TPSA) is 128 Å². The molecule has 0 bridgehead atoms. The van der Waals surface area contributed by atoms with E-state index in [1.807, 2.05) is 36.4 Å². The zero-order valence-corrected chi connectivity index (χ0v) is 19.4. The first-order chi connectivity index (χ1) is 17.1. The van der Waals surface area contributed by atoms with Gasteiger partial charge in [-0.1, -0.05) is 19.1 Å². The number of aromatic nitrogens is 4. The van der Waals surface area contributed by atoms with Gasteiger partial charge >= 0.3 is 0 Å². The Morgan fingerprint density at radius 1 is 1.06 bits per heavy atom. The van der Waals surface area contributed by atoms with E-state index >= 15 is 0 Å². The number of H-pyrrole nitrogens is 2. The van der Waals surface area contributed by atoms with Crippen LogP contribution in [-0.2, 0) is 0 Å². The predicted octanol–water partition coefficient (Wildman–Crippen LogP) is 3.65. The van der Waals surface area contributed by atoms with Gasteiger partial charge in [-0.15, -0.1) is 0 Å². The van der Waals surface area contributed by atoms with Crippen molar-refractivity contribution >= 4 is 34.5 Å². The minimum atomic E-state index is -0.524. The van der Waals surface area contributed by atoms with E-state index in [9.17, 15) is 9.59 Å². The van der Waals surface area contributed by atoms with Crippen LogP contribution in [0, 0.1) is 0 Å². The lowest BCUT2D eigenvalue weighted by Crippen LogP contribution is -2.37. The number of piperidine rings is 1. The van der Waals surface area contributed by atoms with Crippen molar-refractivity contribution in [3.8, 4) is 5.75 Å². The Morgan fingerprint density at radius 2 is 1.83 bits per heavy atom. The maximum absolute atomic E-state index is 12.8. The molecule has 0 spiro atoms. The lowest BCUT2D eigenvalue weighted by Gasteiger charge is -2.31. The number of anilines is 2. The number of nitrogens with one attached hydrogen (secondary N) is 4. The average molecular weight is 474 g/mol. The molecule has 1 fully saturated rings. The number of amides is 2. The van der Waals surface area contributed by atoms with Crippen molar-refractivity contribution in [2.24, 2.45) is 0 Å². The molecule has 4 N–H and O–H groups in total. The number of benzene rings is 2. The highest BCUT2D eigenvalue weighted by Gasteiger charge is 2.22. The number of hydrogen-bond acceptors (Lipinski definition) is 6. The summed E-state index contributed by atoms with van der Waals surface area (Å²) in [6, 6.07) is 14.6. The largest absolute Gasteiger partial charge is 0.490 e. The lowest BCUT2D eigenvalue weighted by molar-refractivity contribution is 0.0985. The zero-order valence-electron chi connectivity index (χ0n) is 19.4. The van der Waals surface area contributed by atoms with Crippen molar-refractivity contribution < 1.29 is 14.3 Å². The molecule has 0 unspecified atom stereocenters. The number of para-hydroxylation sites is 2. The number of hydrogen-bond donors (Lipinski definition) is 4. The van der Waals surface area contributed by atoms with Gasteiger partial charge in [-0.3, -0.25) is 14.9 Å². The van der Waals surface area contributed by atoms with Gasteiger partial charge in [0.25, 0.3) is 11.8 Å². The molecule has 2 amide bonds. The standard InChI is InChI=1S/C25H27N7O3/c1-2-32-13-11-18(12-14-32)35-17-9-7-16(8-10-17)28-23(33)21-22(27-15-26-21)24(34)31-25-29-19-5-3-4-6-20(19)30-25/h3-10,15,18H,2,11-14H2,1H3,(H,26,27)(H,28,33)(H2,29,30,31,34). The third-order valence-corrected chi connectivity index (χ3v) is 6.10. The second-order valence-electron chi connectivity index (χ2n) is 8.41. The SMILES string of the molecule is CCN1CCC(Oc2ccc(NC(=O)c3nc[nH]c3C(=O)Nc3nc4ccccc4[nH]3)cc2)CC1. The molecule has 1 aliphatic rings. The van der Waals surface area contributed by atoms with Gasteiger partial charge < -0.3 is 24.9 Å². The summed E-state index contributed by atoms with van der Waals surface area (Å²) >= 11 is 0. The molecule has 35 heavy (non-hydrogen) atoms. The summed E-state index contributed by atoms with van der Waals surface area (Å²) in [5, 5.41) is 5.45. The number of rotatable bonds is 7. The lowest BCUT2D eigenvalue weighted by atomic mass is 10.1. The number of fused-ring (bicyclic) bond motifs is 1. The Hall–Kier alpha value is -4.18. The van der Waals surface area contributed by atoms with Crippen LogP contribution in [0.2, 0.25) is 0 Å². The minimum Gasteiger partial charge on any atom is -0.490 e. The van der Waals surface area contributed by atoms with Crippen molar-refractivity contribution in [1.82, 2.24) is 24.8 Å². The van der Waals surface area contributed by atoms with Crippen LogP contribution in [0.3, 0.4) is 0 Å². The summed E-state index contributed by atoms with van der Waals surface area (Å²) in [5.74, 6) is 0.0305. The Labute approximate surface area is 202 Å². The van der Waals surface area contributed by atoms with Crippen LogP contribution in [0.5, 0.6) is 5.75 Å². The predicted molar refractivity (Wildman–Crippen MR) is 133 cm³/mol. The van der Waals surface area contributed by atoms with Crippen LogP contribution in [0.4, 0.5) is 11.6 Å². The van der Waals surface area contributed by atoms with Crippen molar-refractivity contribution in [3.05, 3.63) is 66.2 Å². The third-order valence-electron chi connectivity index (χ3n) is 6.10. The molecule has 1 aliphatic heterocycles. The highest BCUT2D eigenvalue weighted by molar-refractivity contribution is 6.13. The molecule has 10 heteroatoms. The van der Waals surface area contributed by atoms with E-state index in [0.29, 0.717) is 5.69 Å². The summed E-state index contributed by atoms with van der Waals surface area (Å²) in [6.07, 6.45) is 3.52. The molecular weight excluding hydrogens is 446 g/mol. The molecular formula is C25H27N7O3. The molecule has 0 saturated carbocycles. The van der Waals surface area contributed by atoms with E-state index in [0.717, 1.165) is 49.3 Å². The first-order valence-corrected chi connectivity index (χ1v) is 11.7. The fourth-order valence-corrected chi connectivity index (χ4v) is 4.16. The monoisotopic (exact) mass is 473 g/mol. The molecule has 3 heterocycles. The van der Waals surface area contributed by atoms with Crippen LogP contribution in [0.1, 0.15) is 40.7 Å². The molecule has 2 aromatic carbocycles. The van der Waals surface area contributed by atoms with Crippen molar-refractivity contribution in [2.75, 3.05) is 30.3 Å². The third kappa shape index (κ3) is 5.17. The average Bonchev–Trinajstić information content (AvgIpc) is 3.53. The molecule has 1 saturated heterocycles.